The van der Waals surface area contributed by atoms with Gasteiger partial charge in [0.15, 0.2) is 5.82 Å². The Balaban J connectivity index is 2.47. The molecule has 2 rings (SSSR count). The van der Waals surface area contributed by atoms with E-state index in [2.05, 4.69) is 15.0 Å². The van der Waals surface area contributed by atoms with E-state index in [9.17, 15) is 0 Å². The first-order chi connectivity index (χ1) is 7.69. The van der Waals surface area contributed by atoms with Crippen molar-refractivity contribution < 1.29 is 4.74 Å². The van der Waals surface area contributed by atoms with Gasteiger partial charge in [-0.3, -0.25) is 0 Å². The number of aromatic nitrogens is 3. The minimum atomic E-state index is 0.155. The Morgan fingerprint density at radius 3 is 2.38 bits per heavy atom. The molecule has 16 heavy (non-hydrogen) atoms. The highest BCUT2D eigenvalue weighted by Crippen LogP contribution is 2.17. The number of nitrogens with two attached hydrogens (primary N) is 1. The maximum absolute atomic E-state index is 5.56. The average molecular weight is 216 g/mol. The van der Waals surface area contributed by atoms with Gasteiger partial charge in [0, 0.05) is 5.56 Å². The van der Waals surface area contributed by atoms with Crippen molar-refractivity contribution in [1.29, 1.82) is 0 Å². The fraction of sp³-hybridized carbons (Fsp3) is 0.182. The molecular weight excluding hydrogens is 204 g/mol. The van der Waals surface area contributed by atoms with Gasteiger partial charge in [-0.1, -0.05) is 29.8 Å². The molecule has 2 N–H and O–H groups in total. The van der Waals surface area contributed by atoms with Crippen molar-refractivity contribution in [2.75, 3.05) is 12.8 Å². The molecule has 1 aromatic heterocycles. The molecule has 0 spiro atoms. The highest BCUT2D eigenvalue weighted by Gasteiger charge is 2.06. The van der Waals surface area contributed by atoms with Crippen LogP contribution in [0.3, 0.4) is 0 Å². The fourth-order valence-corrected chi connectivity index (χ4v) is 1.30. The van der Waals surface area contributed by atoms with Gasteiger partial charge in [-0.25, -0.2) is 0 Å². The Labute approximate surface area is 93.3 Å². The molecule has 0 radical (unpaired) electrons. The van der Waals surface area contributed by atoms with E-state index in [0.717, 1.165) is 5.56 Å². The van der Waals surface area contributed by atoms with E-state index < -0.39 is 0 Å². The van der Waals surface area contributed by atoms with Crippen molar-refractivity contribution in [3.63, 3.8) is 0 Å². The van der Waals surface area contributed by atoms with Gasteiger partial charge in [0.25, 0.3) is 0 Å². The second-order valence-corrected chi connectivity index (χ2v) is 3.37. The van der Waals surface area contributed by atoms with Gasteiger partial charge in [0.2, 0.25) is 5.95 Å². The van der Waals surface area contributed by atoms with Crippen LogP contribution in [-0.4, -0.2) is 22.1 Å². The lowest BCUT2D eigenvalue weighted by Crippen LogP contribution is -2.02. The molecule has 0 aliphatic carbocycles. The Bertz CT molecular complexity index is 496. The molecule has 5 nitrogen and oxygen atoms in total. The van der Waals surface area contributed by atoms with Gasteiger partial charge in [-0.05, 0) is 6.92 Å². The zero-order valence-electron chi connectivity index (χ0n) is 9.14. The number of aryl methyl sites for hydroxylation is 1. The topological polar surface area (TPSA) is 73.9 Å². The number of rotatable bonds is 2. The van der Waals surface area contributed by atoms with Crippen LogP contribution in [0, 0.1) is 6.92 Å². The number of hydrogen-bond donors (Lipinski definition) is 1. The summed E-state index contributed by atoms with van der Waals surface area (Å²) in [4.78, 5) is 12.0. The summed E-state index contributed by atoms with van der Waals surface area (Å²) in [7, 11) is 1.49. The Morgan fingerprint density at radius 2 is 1.75 bits per heavy atom. The van der Waals surface area contributed by atoms with Crippen LogP contribution < -0.4 is 10.5 Å². The Morgan fingerprint density at radius 1 is 1.06 bits per heavy atom. The molecule has 0 amide bonds. The number of nitrogen functional groups attached to an aromatic ring is 1. The summed E-state index contributed by atoms with van der Waals surface area (Å²) in [5.41, 5.74) is 7.63. The number of methoxy groups -OCH3 is 1. The van der Waals surface area contributed by atoms with E-state index in [1.165, 1.54) is 12.7 Å². The first kappa shape index (κ1) is 10.4. The second kappa shape index (κ2) is 4.14. The van der Waals surface area contributed by atoms with Crippen LogP contribution in [0.4, 0.5) is 5.95 Å². The number of anilines is 1. The van der Waals surface area contributed by atoms with Crippen LogP contribution in [0.5, 0.6) is 6.01 Å². The smallest absolute Gasteiger partial charge is 0.321 e. The highest BCUT2D eigenvalue weighted by molar-refractivity contribution is 5.56. The van der Waals surface area contributed by atoms with Crippen LogP contribution in [0.2, 0.25) is 0 Å². The van der Waals surface area contributed by atoms with Crippen LogP contribution in [-0.2, 0) is 0 Å². The standard InChI is InChI=1S/C11H12N4O/c1-7-3-5-8(6-4-7)9-13-10(12)15-11(14-9)16-2/h3-6H,1-2H3,(H2,12,13,14,15). The molecule has 0 bridgehead atoms. The van der Waals surface area contributed by atoms with Gasteiger partial charge in [-0.2, -0.15) is 15.0 Å². The molecule has 0 fully saturated rings. The summed E-state index contributed by atoms with van der Waals surface area (Å²) >= 11 is 0. The van der Waals surface area contributed by atoms with E-state index in [1.54, 1.807) is 0 Å². The molecule has 1 heterocycles. The summed E-state index contributed by atoms with van der Waals surface area (Å²) in [6, 6.07) is 8.07. The summed E-state index contributed by atoms with van der Waals surface area (Å²) in [6.07, 6.45) is 0. The SMILES string of the molecule is COc1nc(N)nc(-c2ccc(C)cc2)n1. The van der Waals surface area contributed by atoms with Gasteiger partial charge in [0.1, 0.15) is 0 Å². The number of benzene rings is 1. The summed E-state index contributed by atoms with van der Waals surface area (Å²) < 4.78 is 4.94. The van der Waals surface area contributed by atoms with E-state index in [4.69, 9.17) is 10.5 Å². The molecule has 0 aliphatic rings. The zero-order chi connectivity index (χ0) is 11.5. The zero-order valence-corrected chi connectivity index (χ0v) is 9.14. The molecule has 0 aliphatic heterocycles. The van der Waals surface area contributed by atoms with Gasteiger partial charge >= 0.3 is 6.01 Å². The Hall–Kier alpha value is -2.17. The molecule has 0 unspecified atom stereocenters. The normalized spacial score (nSPS) is 10.1. The average Bonchev–Trinajstić information content (AvgIpc) is 2.29. The molecule has 82 valence electrons. The van der Waals surface area contributed by atoms with Crippen LogP contribution in [0.15, 0.2) is 24.3 Å². The Kier molecular flexibility index (Phi) is 2.68. The van der Waals surface area contributed by atoms with Crippen molar-refractivity contribution in [2.45, 2.75) is 6.92 Å². The van der Waals surface area contributed by atoms with Crippen molar-refractivity contribution in [2.24, 2.45) is 0 Å². The van der Waals surface area contributed by atoms with E-state index in [1.807, 2.05) is 31.2 Å². The van der Waals surface area contributed by atoms with E-state index >= 15 is 0 Å². The van der Waals surface area contributed by atoms with Crippen molar-refractivity contribution in [3.8, 4) is 17.4 Å². The summed E-state index contributed by atoms with van der Waals surface area (Å²) in [5, 5.41) is 0. The first-order valence-corrected chi connectivity index (χ1v) is 4.81. The monoisotopic (exact) mass is 216 g/mol. The number of ether oxygens (including phenoxy) is 1. The minimum Gasteiger partial charge on any atom is -0.467 e. The summed E-state index contributed by atoms with van der Waals surface area (Å²) in [6.45, 7) is 2.02. The maximum Gasteiger partial charge on any atom is 0.321 e. The lowest BCUT2D eigenvalue weighted by molar-refractivity contribution is 0.379. The lowest BCUT2D eigenvalue weighted by Gasteiger charge is -2.03. The third-order valence-corrected chi connectivity index (χ3v) is 2.12. The minimum absolute atomic E-state index is 0.155. The third kappa shape index (κ3) is 2.08. The van der Waals surface area contributed by atoms with Crippen molar-refractivity contribution >= 4 is 5.95 Å². The first-order valence-electron chi connectivity index (χ1n) is 4.81. The van der Waals surface area contributed by atoms with Crippen LogP contribution >= 0.6 is 0 Å². The maximum atomic E-state index is 5.56. The van der Waals surface area contributed by atoms with Crippen LogP contribution in [0.1, 0.15) is 5.56 Å². The molecule has 5 heteroatoms. The van der Waals surface area contributed by atoms with Gasteiger partial charge < -0.3 is 10.5 Å². The van der Waals surface area contributed by atoms with Crippen molar-refractivity contribution in [1.82, 2.24) is 15.0 Å². The van der Waals surface area contributed by atoms with Crippen LogP contribution in [0.25, 0.3) is 11.4 Å². The van der Waals surface area contributed by atoms with E-state index in [0.29, 0.717) is 5.82 Å². The molecule has 0 saturated heterocycles. The van der Waals surface area contributed by atoms with Gasteiger partial charge in [-0.15, -0.1) is 0 Å². The predicted octanol–water partition coefficient (Wildman–Crippen LogP) is 1.44. The third-order valence-electron chi connectivity index (χ3n) is 2.12. The molecular formula is C11H12N4O. The quantitative estimate of drug-likeness (QED) is 0.822. The predicted molar refractivity (Wildman–Crippen MR) is 61.0 cm³/mol. The van der Waals surface area contributed by atoms with Gasteiger partial charge in [0.05, 0.1) is 7.11 Å². The number of hydrogen-bond acceptors (Lipinski definition) is 5. The number of nitrogens with zero attached hydrogens (tertiary/aromatic N) is 3. The molecule has 0 saturated carbocycles. The lowest BCUT2D eigenvalue weighted by atomic mass is 10.1. The summed E-state index contributed by atoms with van der Waals surface area (Å²) in [5.74, 6) is 0.673. The second-order valence-electron chi connectivity index (χ2n) is 3.37. The molecule has 0 atom stereocenters. The molecule has 2 aromatic rings. The fourth-order valence-electron chi connectivity index (χ4n) is 1.30. The van der Waals surface area contributed by atoms with E-state index in [-0.39, 0.29) is 12.0 Å². The molecule has 1 aromatic carbocycles. The highest BCUT2D eigenvalue weighted by atomic mass is 16.5. The van der Waals surface area contributed by atoms with Crippen molar-refractivity contribution in [3.05, 3.63) is 29.8 Å². The largest absolute Gasteiger partial charge is 0.467 e.